The van der Waals surface area contributed by atoms with Gasteiger partial charge in [-0.1, -0.05) is 0 Å². The highest BCUT2D eigenvalue weighted by Crippen LogP contribution is 2.45. The van der Waals surface area contributed by atoms with Gasteiger partial charge in [0.25, 0.3) is 0 Å². The molecule has 3 nitrogen and oxygen atoms in total. The molecule has 0 amide bonds. The van der Waals surface area contributed by atoms with Crippen LogP contribution in [-0.4, -0.2) is 18.5 Å². The van der Waals surface area contributed by atoms with E-state index in [1.807, 2.05) is 6.92 Å². The minimum atomic E-state index is -0.373. The summed E-state index contributed by atoms with van der Waals surface area (Å²) in [6.07, 6.45) is 2.86. The Labute approximate surface area is 72.3 Å². The normalized spacial score (nSPS) is 41.2. The van der Waals surface area contributed by atoms with Crippen LogP contribution >= 0.6 is 0 Å². The Kier molecular flexibility index (Phi) is 1.82. The predicted octanol–water partition coefficient (Wildman–Crippen LogP) is 1.44. The molecule has 2 fully saturated rings. The van der Waals surface area contributed by atoms with Crippen LogP contribution in [-0.2, 0) is 9.47 Å². The highest BCUT2D eigenvalue weighted by Gasteiger charge is 2.48. The summed E-state index contributed by atoms with van der Waals surface area (Å²) in [7, 11) is 0. The molecule has 2 atom stereocenters. The SMILES string of the molecule is CC1(C2CC2)OCC(CC#N)O1. The van der Waals surface area contributed by atoms with E-state index >= 15 is 0 Å². The number of nitriles is 1. The molecule has 1 saturated heterocycles. The monoisotopic (exact) mass is 167 g/mol. The molecule has 1 aliphatic heterocycles. The molecular formula is C9H13NO2. The van der Waals surface area contributed by atoms with E-state index in [9.17, 15) is 0 Å². The third-order valence-electron chi connectivity index (χ3n) is 2.59. The van der Waals surface area contributed by atoms with Crippen LogP contribution in [0.5, 0.6) is 0 Å². The van der Waals surface area contributed by atoms with Crippen LogP contribution in [0, 0.1) is 17.2 Å². The largest absolute Gasteiger partial charge is 0.347 e. The summed E-state index contributed by atoms with van der Waals surface area (Å²) in [5.41, 5.74) is 0. The molecule has 1 saturated carbocycles. The van der Waals surface area contributed by atoms with Crippen LogP contribution in [0.4, 0.5) is 0 Å². The van der Waals surface area contributed by atoms with Gasteiger partial charge < -0.3 is 9.47 Å². The van der Waals surface area contributed by atoms with E-state index in [1.165, 1.54) is 12.8 Å². The van der Waals surface area contributed by atoms with Crippen LogP contribution in [0.2, 0.25) is 0 Å². The van der Waals surface area contributed by atoms with Gasteiger partial charge in [-0.05, 0) is 19.8 Å². The van der Waals surface area contributed by atoms with Gasteiger partial charge in [-0.25, -0.2) is 0 Å². The van der Waals surface area contributed by atoms with Gasteiger partial charge in [0, 0.05) is 5.92 Å². The number of hydrogen-bond donors (Lipinski definition) is 0. The molecule has 0 aromatic heterocycles. The zero-order valence-electron chi connectivity index (χ0n) is 7.25. The Hall–Kier alpha value is -0.590. The van der Waals surface area contributed by atoms with Crippen LogP contribution in [0.1, 0.15) is 26.2 Å². The van der Waals surface area contributed by atoms with Crippen LogP contribution in [0.15, 0.2) is 0 Å². The fourth-order valence-electron chi connectivity index (χ4n) is 1.68. The molecule has 0 aromatic rings. The molecule has 66 valence electrons. The molecule has 1 aliphatic carbocycles. The smallest absolute Gasteiger partial charge is 0.168 e. The lowest BCUT2D eigenvalue weighted by Gasteiger charge is -2.22. The van der Waals surface area contributed by atoms with E-state index in [0.29, 0.717) is 18.9 Å². The molecule has 2 aliphatic rings. The second-order valence-corrected chi connectivity index (χ2v) is 3.70. The first-order chi connectivity index (χ1) is 5.74. The Morgan fingerprint density at radius 3 is 2.92 bits per heavy atom. The van der Waals surface area contributed by atoms with Crippen LogP contribution in [0.3, 0.4) is 0 Å². The van der Waals surface area contributed by atoms with Crippen LogP contribution < -0.4 is 0 Å². The summed E-state index contributed by atoms with van der Waals surface area (Å²) in [4.78, 5) is 0. The second kappa shape index (κ2) is 2.72. The molecule has 0 bridgehead atoms. The number of rotatable bonds is 2. The lowest BCUT2D eigenvalue weighted by molar-refractivity contribution is -0.168. The van der Waals surface area contributed by atoms with Gasteiger partial charge in [0.05, 0.1) is 25.2 Å². The van der Waals surface area contributed by atoms with E-state index < -0.39 is 0 Å². The van der Waals surface area contributed by atoms with Gasteiger partial charge in [0.1, 0.15) is 0 Å². The van der Waals surface area contributed by atoms with Gasteiger partial charge in [-0.15, -0.1) is 0 Å². The van der Waals surface area contributed by atoms with Crippen molar-refractivity contribution < 1.29 is 9.47 Å². The molecule has 0 N–H and O–H groups in total. The van der Waals surface area contributed by atoms with E-state index in [0.717, 1.165) is 0 Å². The minimum Gasteiger partial charge on any atom is -0.347 e. The highest BCUT2D eigenvalue weighted by molar-refractivity contribution is 4.92. The highest BCUT2D eigenvalue weighted by atomic mass is 16.7. The van der Waals surface area contributed by atoms with Gasteiger partial charge in [-0.2, -0.15) is 5.26 Å². The quantitative estimate of drug-likeness (QED) is 0.625. The van der Waals surface area contributed by atoms with Crippen molar-refractivity contribution in [1.29, 1.82) is 5.26 Å². The molecule has 2 rings (SSSR count). The van der Waals surface area contributed by atoms with Gasteiger partial charge in [-0.3, -0.25) is 0 Å². The van der Waals surface area contributed by atoms with Crippen molar-refractivity contribution in [2.45, 2.75) is 38.1 Å². The summed E-state index contributed by atoms with van der Waals surface area (Å²) in [6.45, 7) is 2.57. The van der Waals surface area contributed by atoms with E-state index in [2.05, 4.69) is 6.07 Å². The summed E-state index contributed by atoms with van der Waals surface area (Å²) in [5, 5.41) is 8.47. The van der Waals surface area contributed by atoms with E-state index in [-0.39, 0.29) is 11.9 Å². The first-order valence-electron chi connectivity index (χ1n) is 4.43. The molecule has 12 heavy (non-hydrogen) atoms. The Morgan fingerprint density at radius 2 is 2.33 bits per heavy atom. The number of nitrogens with zero attached hydrogens (tertiary/aromatic N) is 1. The summed E-state index contributed by atoms with van der Waals surface area (Å²) >= 11 is 0. The summed E-state index contributed by atoms with van der Waals surface area (Å²) in [6, 6.07) is 2.10. The molecule has 1 heterocycles. The maximum Gasteiger partial charge on any atom is 0.168 e. The lowest BCUT2D eigenvalue weighted by Crippen LogP contribution is -2.29. The predicted molar refractivity (Wildman–Crippen MR) is 42.2 cm³/mol. The Balaban J connectivity index is 1.92. The molecule has 0 radical (unpaired) electrons. The van der Waals surface area contributed by atoms with Crippen molar-refractivity contribution >= 4 is 0 Å². The maximum absolute atomic E-state index is 8.47. The number of ether oxygens (including phenoxy) is 2. The standard InChI is InChI=1S/C9H13NO2/c1-9(7-2-3-7)11-6-8(12-9)4-5-10/h7-8H,2-4,6H2,1H3. The average Bonchev–Trinajstić information content (AvgIpc) is 2.80. The third-order valence-corrected chi connectivity index (χ3v) is 2.59. The first-order valence-corrected chi connectivity index (χ1v) is 4.43. The fraction of sp³-hybridized carbons (Fsp3) is 0.889. The Bertz CT molecular complexity index is 219. The lowest BCUT2D eigenvalue weighted by atomic mass is 10.2. The number of hydrogen-bond acceptors (Lipinski definition) is 3. The van der Waals surface area contributed by atoms with Crippen molar-refractivity contribution in [2.75, 3.05) is 6.61 Å². The molecule has 2 unspecified atom stereocenters. The van der Waals surface area contributed by atoms with Crippen molar-refractivity contribution in [3.05, 3.63) is 0 Å². The first kappa shape index (κ1) is 8.03. The van der Waals surface area contributed by atoms with Gasteiger partial charge in [0.2, 0.25) is 0 Å². The minimum absolute atomic E-state index is 0.000556. The van der Waals surface area contributed by atoms with Crippen LogP contribution in [0.25, 0.3) is 0 Å². The second-order valence-electron chi connectivity index (χ2n) is 3.70. The molecule has 3 heteroatoms. The Morgan fingerprint density at radius 1 is 1.58 bits per heavy atom. The summed E-state index contributed by atoms with van der Waals surface area (Å²) in [5.74, 6) is 0.197. The molecule has 0 spiro atoms. The molecule has 0 aromatic carbocycles. The summed E-state index contributed by atoms with van der Waals surface area (Å²) < 4.78 is 11.2. The van der Waals surface area contributed by atoms with E-state index in [1.54, 1.807) is 0 Å². The van der Waals surface area contributed by atoms with Gasteiger partial charge >= 0.3 is 0 Å². The maximum atomic E-state index is 8.47. The zero-order valence-corrected chi connectivity index (χ0v) is 7.25. The van der Waals surface area contributed by atoms with Crippen molar-refractivity contribution in [1.82, 2.24) is 0 Å². The topological polar surface area (TPSA) is 42.2 Å². The fourth-order valence-corrected chi connectivity index (χ4v) is 1.68. The van der Waals surface area contributed by atoms with Crippen molar-refractivity contribution in [3.63, 3.8) is 0 Å². The average molecular weight is 167 g/mol. The third kappa shape index (κ3) is 1.33. The molecular weight excluding hydrogens is 154 g/mol. The van der Waals surface area contributed by atoms with E-state index in [4.69, 9.17) is 14.7 Å². The van der Waals surface area contributed by atoms with Crippen molar-refractivity contribution in [3.8, 4) is 6.07 Å². The van der Waals surface area contributed by atoms with Gasteiger partial charge in [0.15, 0.2) is 5.79 Å². The zero-order chi connectivity index (χ0) is 8.60. The van der Waals surface area contributed by atoms with Crippen molar-refractivity contribution in [2.24, 2.45) is 5.92 Å².